The molecule has 156 valence electrons. The van der Waals surface area contributed by atoms with Gasteiger partial charge in [0.1, 0.15) is 24.3 Å². The number of aromatic nitrogens is 6. The van der Waals surface area contributed by atoms with Gasteiger partial charge in [0.25, 0.3) is 5.92 Å². The van der Waals surface area contributed by atoms with Crippen LogP contribution in [0.4, 0.5) is 17.6 Å². The zero-order valence-corrected chi connectivity index (χ0v) is 15.5. The Bertz CT molecular complexity index is 1070. The summed E-state index contributed by atoms with van der Waals surface area (Å²) in [5.41, 5.74) is -5.05. The lowest BCUT2D eigenvalue weighted by Crippen LogP contribution is -2.76. The van der Waals surface area contributed by atoms with E-state index in [-0.39, 0.29) is 19.3 Å². The van der Waals surface area contributed by atoms with Crippen molar-refractivity contribution < 1.29 is 22.7 Å². The summed E-state index contributed by atoms with van der Waals surface area (Å²) in [7, 11) is 0. The molecule has 6 rings (SSSR count). The lowest BCUT2D eigenvalue weighted by Gasteiger charge is -2.73. The number of hydrogen-bond donors (Lipinski definition) is 1. The van der Waals surface area contributed by atoms with Crippen LogP contribution < -0.4 is 0 Å². The first-order valence-electron chi connectivity index (χ1n) is 9.25. The molecule has 1 aromatic carbocycles. The maximum atomic E-state index is 16.0. The van der Waals surface area contributed by atoms with Crippen molar-refractivity contribution in [2.24, 2.45) is 5.41 Å². The summed E-state index contributed by atoms with van der Waals surface area (Å²) in [6.07, 6.45) is 4.23. The van der Waals surface area contributed by atoms with Crippen LogP contribution in [0.1, 0.15) is 30.5 Å². The lowest BCUT2D eigenvalue weighted by atomic mass is 9.31. The molecule has 2 heterocycles. The molecule has 7 nitrogen and oxygen atoms in total. The van der Waals surface area contributed by atoms with Gasteiger partial charge >= 0.3 is 0 Å². The number of alkyl halides is 2. The SMILES string of the molecule is O[C@@](Cn1cnnn1)(c1ccc(F)cc1F)C(F)(F)C12CC(c3ccncn3)(C1)C2. The quantitative estimate of drug-likeness (QED) is 0.616. The Morgan fingerprint density at radius 2 is 1.90 bits per heavy atom. The fraction of sp³-hybridized carbons (Fsp3) is 0.421. The number of benzene rings is 1. The molecule has 0 aliphatic heterocycles. The van der Waals surface area contributed by atoms with Crippen LogP contribution in [0.15, 0.2) is 43.1 Å². The molecule has 0 amide bonds. The van der Waals surface area contributed by atoms with E-state index in [9.17, 15) is 13.9 Å². The van der Waals surface area contributed by atoms with E-state index in [4.69, 9.17) is 0 Å². The van der Waals surface area contributed by atoms with E-state index in [1.807, 2.05) is 0 Å². The normalized spacial score (nSPS) is 27.1. The van der Waals surface area contributed by atoms with Crippen molar-refractivity contribution in [2.75, 3.05) is 0 Å². The molecule has 3 aromatic rings. The Morgan fingerprint density at radius 3 is 2.50 bits per heavy atom. The fourth-order valence-electron chi connectivity index (χ4n) is 5.10. The molecule has 11 heteroatoms. The van der Waals surface area contributed by atoms with Crippen LogP contribution in [-0.2, 0) is 17.6 Å². The van der Waals surface area contributed by atoms with Gasteiger partial charge < -0.3 is 5.11 Å². The van der Waals surface area contributed by atoms with Crippen molar-refractivity contribution >= 4 is 0 Å². The summed E-state index contributed by atoms with van der Waals surface area (Å²) < 4.78 is 60.8. The Hall–Kier alpha value is -2.95. The van der Waals surface area contributed by atoms with E-state index in [0.717, 1.165) is 23.1 Å². The highest BCUT2D eigenvalue weighted by molar-refractivity contribution is 5.40. The predicted molar refractivity (Wildman–Crippen MR) is 93.0 cm³/mol. The minimum absolute atomic E-state index is 0.0880. The first-order chi connectivity index (χ1) is 14.2. The van der Waals surface area contributed by atoms with E-state index < -0.39 is 46.1 Å². The number of tetrazole rings is 1. The van der Waals surface area contributed by atoms with E-state index in [2.05, 4.69) is 25.5 Å². The number of aliphatic hydroxyl groups is 1. The lowest BCUT2D eigenvalue weighted by molar-refractivity contribution is -0.348. The van der Waals surface area contributed by atoms with Gasteiger partial charge in [0.05, 0.1) is 6.54 Å². The van der Waals surface area contributed by atoms with E-state index in [1.165, 1.54) is 6.33 Å². The predicted octanol–water partition coefficient (Wildman–Crippen LogP) is 2.39. The van der Waals surface area contributed by atoms with E-state index in [0.29, 0.717) is 11.8 Å². The average Bonchev–Trinajstić information content (AvgIpc) is 3.12. The standard InChI is InChI=1S/C19H16F4N6O/c20-12-1-2-13(14(21)5-12)18(30,9-29-11-26-27-28-29)19(22,23)17-6-16(7-17,8-17)15-3-4-24-10-25-15/h1-5,10-11,30H,6-9H2/t16?,17?,18-/m0/s1. The Kier molecular flexibility index (Phi) is 3.83. The maximum Gasteiger partial charge on any atom is 0.287 e. The van der Waals surface area contributed by atoms with Crippen molar-refractivity contribution in [3.8, 4) is 0 Å². The number of rotatable bonds is 6. The van der Waals surface area contributed by atoms with Crippen molar-refractivity contribution in [2.45, 2.75) is 42.7 Å². The number of halogens is 4. The second kappa shape index (κ2) is 6.03. The van der Waals surface area contributed by atoms with E-state index in [1.54, 1.807) is 12.3 Å². The fourth-order valence-corrected chi connectivity index (χ4v) is 5.10. The van der Waals surface area contributed by atoms with Crippen LogP contribution in [0, 0.1) is 17.0 Å². The molecule has 0 saturated heterocycles. The second-order valence-electron chi connectivity index (χ2n) is 8.25. The number of nitrogens with zero attached hydrogens (tertiary/aromatic N) is 6. The molecule has 3 saturated carbocycles. The highest BCUT2D eigenvalue weighted by Gasteiger charge is 2.82. The van der Waals surface area contributed by atoms with Gasteiger partial charge in [-0.3, -0.25) is 0 Å². The molecule has 2 bridgehead atoms. The van der Waals surface area contributed by atoms with Gasteiger partial charge in [-0.2, -0.15) is 0 Å². The molecule has 0 spiro atoms. The third kappa shape index (κ3) is 2.38. The zero-order valence-electron chi connectivity index (χ0n) is 15.5. The van der Waals surface area contributed by atoms with Crippen LogP contribution >= 0.6 is 0 Å². The Morgan fingerprint density at radius 1 is 1.13 bits per heavy atom. The molecular weight excluding hydrogens is 404 g/mol. The van der Waals surface area contributed by atoms with Gasteiger partial charge in [-0.05, 0) is 47.9 Å². The molecule has 30 heavy (non-hydrogen) atoms. The largest absolute Gasteiger partial charge is 0.377 e. The summed E-state index contributed by atoms with van der Waals surface area (Å²) in [5.74, 6) is -5.95. The molecule has 0 radical (unpaired) electrons. The minimum atomic E-state index is -3.75. The molecule has 1 atom stereocenters. The van der Waals surface area contributed by atoms with Crippen LogP contribution in [0.3, 0.4) is 0 Å². The van der Waals surface area contributed by atoms with Crippen LogP contribution in [0.2, 0.25) is 0 Å². The van der Waals surface area contributed by atoms with Crippen LogP contribution in [0.25, 0.3) is 0 Å². The molecule has 2 aromatic heterocycles. The van der Waals surface area contributed by atoms with Crippen molar-refractivity contribution in [1.82, 2.24) is 30.2 Å². The van der Waals surface area contributed by atoms with Gasteiger partial charge in [0, 0.05) is 34.4 Å². The first kappa shape index (κ1) is 19.0. The molecule has 1 N–H and O–H groups in total. The Balaban J connectivity index is 1.53. The third-order valence-corrected chi connectivity index (χ3v) is 6.50. The Labute approximate surface area is 167 Å². The van der Waals surface area contributed by atoms with E-state index >= 15 is 8.78 Å². The minimum Gasteiger partial charge on any atom is -0.377 e. The topological polar surface area (TPSA) is 89.6 Å². The van der Waals surface area contributed by atoms with Gasteiger partial charge in [0.2, 0.25) is 0 Å². The summed E-state index contributed by atoms with van der Waals surface area (Å²) in [5, 5.41) is 21.6. The van der Waals surface area contributed by atoms with Gasteiger partial charge in [-0.15, -0.1) is 5.10 Å². The average molecular weight is 420 g/mol. The summed E-state index contributed by atoms with van der Waals surface area (Å²) in [4.78, 5) is 8.02. The monoisotopic (exact) mass is 420 g/mol. The summed E-state index contributed by atoms with van der Waals surface area (Å²) in [6.45, 7) is -0.794. The molecule has 3 fully saturated rings. The van der Waals surface area contributed by atoms with Crippen LogP contribution in [-0.4, -0.2) is 41.2 Å². The van der Waals surface area contributed by atoms with Crippen molar-refractivity contribution in [1.29, 1.82) is 0 Å². The number of hydrogen-bond acceptors (Lipinski definition) is 6. The highest BCUT2D eigenvalue weighted by atomic mass is 19.3. The van der Waals surface area contributed by atoms with Gasteiger partial charge in [-0.25, -0.2) is 32.2 Å². The van der Waals surface area contributed by atoms with Crippen molar-refractivity contribution in [3.63, 3.8) is 0 Å². The van der Waals surface area contributed by atoms with Crippen molar-refractivity contribution in [3.05, 3.63) is 66.0 Å². The maximum absolute atomic E-state index is 16.0. The molecule has 3 aliphatic rings. The summed E-state index contributed by atoms with van der Waals surface area (Å²) in [6, 6.07) is 3.84. The molecular formula is C19H16F4N6O. The highest BCUT2D eigenvalue weighted by Crippen LogP contribution is 2.80. The second-order valence-corrected chi connectivity index (χ2v) is 8.25. The zero-order chi connectivity index (χ0) is 21.2. The van der Waals surface area contributed by atoms with Crippen LogP contribution in [0.5, 0.6) is 0 Å². The van der Waals surface area contributed by atoms with Gasteiger partial charge in [-0.1, -0.05) is 0 Å². The molecule has 0 unspecified atom stereocenters. The smallest absolute Gasteiger partial charge is 0.287 e. The molecule has 3 aliphatic carbocycles. The first-order valence-corrected chi connectivity index (χ1v) is 9.25. The third-order valence-electron chi connectivity index (χ3n) is 6.50. The summed E-state index contributed by atoms with van der Waals surface area (Å²) >= 11 is 0. The van der Waals surface area contributed by atoms with Gasteiger partial charge in [0.15, 0.2) is 5.60 Å².